The molecule has 3 rings (SSSR count). The second kappa shape index (κ2) is 7.23. The summed E-state index contributed by atoms with van der Waals surface area (Å²) in [5.74, 6) is 0. The van der Waals surface area contributed by atoms with Crippen molar-refractivity contribution in [3.05, 3.63) is 54.9 Å². The molecule has 24 heavy (non-hydrogen) atoms. The van der Waals surface area contributed by atoms with Gasteiger partial charge in [-0.2, -0.15) is 0 Å². The van der Waals surface area contributed by atoms with E-state index in [1.54, 1.807) is 4.90 Å². The number of pyridine rings is 1. The van der Waals surface area contributed by atoms with Crippen LogP contribution in [0.2, 0.25) is 0 Å². The Balaban J connectivity index is 1.59. The molecule has 0 atom stereocenters. The molecule has 0 bridgehead atoms. The number of nitrogens with zero attached hydrogens (tertiary/aromatic N) is 4. The van der Waals surface area contributed by atoms with Gasteiger partial charge in [0.05, 0.1) is 17.5 Å². The normalized spacial score (nSPS) is 15.2. The Hall–Kier alpha value is -2.73. The van der Waals surface area contributed by atoms with Crippen LogP contribution < -0.4 is 0 Å². The van der Waals surface area contributed by atoms with Crippen molar-refractivity contribution < 1.29 is 4.79 Å². The Labute approximate surface area is 141 Å². The van der Waals surface area contributed by atoms with E-state index in [4.69, 9.17) is 10.4 Å². The number of carbonyl (C=O) groups excluding carboxylic acids is 1. The van der Waals surface area contributed by atoms with E-state index < -0.39 is 0 Å². The van der Waals surface area contributed by atoms with Crippen molar-refractivity contribution in [2.75, 3.05) is 26.2 Å². The van der Waals surface area contributed by atoms with Crippen LogP contribution in [0.4, 0.5) is 4.79 Å². The van der Waals surface area contributed by atoms with Crippen LogP contribution in [0.5, 0.6) is 0 Å². The number of nitrogens with one attached hydrogen (secondary N) is 1. The standard InChI is InChI=1S/C18H21N5O/c1-2-22(14-19)18(24)23-11-9-21(10-12-23)13-16-8-7-15-5-3-4-6-17(15)20-16/h2-8,14,19H,1,9-13H2. The summed E-state index contributed by atoms with van der Waals surface area (Å²) < 4.78 is 0. The highest BCUT2D eigenvalue weighted by molar-refractivity contribution is 5.86. The van der Waals surface area contributed by atoms with Gasteiger partial charge in [0.25, 0.3) is 0 Å². The summed E-state index contributed by atoms with van der Waals surface area (Å²) in [4.78, 5) is 22.1. The van der Waals surface area contributed by atoms with Gasteiger partial charge in [0.2, 0.25) is 0 Å². The number of piperazine rings is 1. The average molecular weight is 323 g/mol. The van der Waals surface area contributed by atoms with E-state index in [1.807, 2.05) is 18.2 Å². The molecule has 6 nitrogen and oxygen atoms in total. The minimum absolute atomic E-state index is 0.191. The number of benzene rings is 1. The van der Waals surface area contributed by atoms with Crippen LogP contribution in [0.25, 0.3) is 10.9 Å². The molecule has 0 unspecified atom stereocenters. The zero-order valence-electron chi connectivity index (χ0n) is 13.6. The molecule has 0 saturated carbocycles. The number of rotatable bonds is 4. The maximum absolute atomic E-state index is 12.2. The van der Waals surface area contributed by atoms with E-state index >= 15 is 0 Å². The summed E-state index contributed by atoms with van der Waals surface area (Å²) >= 11 is 0. The van der Waals surface area contributed by atoms with Crippen molar-refractivity contribution in [2.45, 2.75) is 6.54 Å². The maximum atomic E-state index is 12.2. The van der Waals surface area contributed by atoms with Gasteiger partial charge in [0, 0.05) is 44.3 Å². The topological polar surface area (TPSA) is 63.5 Å². The van der Waals surface area contributed by atoms with E-state index in [0.29, 0.717) is 13.1 Å². The maximum Gasteiger partial charge on any atom is 0.329 e. The summed E-state index contributed by atoms with van der Waals surface area (Å²) in [6, 6.07) is 12.1. The molecule has 1 N–H and O–H groups in total. The molecule has 1 aliphatic heterocycles. The van der Waals surface area contributed by atoms with Crippen molar-refractivity contribution >= 4 is 23.3 Å². The fourth-order valence-electron chi connectivity index (χ4n) is 2.87. The number of para-hydroxylation sites is 1. The smallest absolute Gasteiger partial charge is 0.321 e. The van der Waals surface area contributed by atoms with Gasteiger partial charge in [0.15, 0.2) is 0 Å². The van der Waals surface area contributed by atoms with Gasteiger partial charge in [-0.25, -0.2) is 4.79 Å². The Bertz CT molecular complexity index is 744. The molecule has 1 fully saturated rings. The van der Waals surface area contributed by atoms with E-state index in [0.717, 1.165) is 42.6 Å². The van der Waals surface area contributed by atoms with E-state index in [1.165, 1.54) is 11.1 Å². The van der Waals surface area contributed by atoms with Crippen LogP contribution in [0, 0.1) is 5.41 Å². The van der Waals surface area contributed by atoms with Gasteiger partial charge in [0.1, 0.15) is 0 Å². The molecule has 124 valence electrons. The number of aromatic nitrogens is 1. The van der Waals surface area contributed by atoms with Gasteiger partial charge in [-0.1, -0.05) is 30.8 Å². The van der Waals surface area contributed by atoms with Crippen LogP contribution in [0.1, 0.15) is 5.69 Å². The van der Waals surface area contributed by atoms with E-state index in [-0.39, 0.29) is 6.03 Å². The fourth-order valence-corrected chi connectivity index (χ4v) is 2.87. The molecule has 1 saturated heterocycles. The lowest BCUT2D eigenvalue weighted by Gasteiger charge is -2.35. The molecule has 6 heteroatoms. The average Bonchev–Trinajstić information content (AvgIpc) is 2.63. The lowest BCUT2D eigenvalue weighted by Crippen LogP contribution is -2.51. The third-order valence-electron chi connectivity index (χ3n) is 4.24. The Morgan fingerprint density at radius 3 is 2.67 bits per heavy atom. The lowest BCUT2D eigenvalue weighted by atomic mass is 10.2. The van der Waals surface area contributed by atoms with Gasteiger partial charge < -0.3 is 4.90 Å². The fraction of sp³-hybridized carbons (Fsp3) is 0.278. The molecule has 0 aliphatic carbocycles. The van der Waals surface area contributed by atoms with Crippen LogP contribution in [-0.4, -0.2) is 58.2 Å². The zero-order chi connectivity index (χ0) is 16.9. The molecule has 2 heterocycles. The lowest BCUT2D eigenvalue weighted by molar-refractivity contribution is 0.127. The first-order valence-electron chi connectivity index (χ1n) is 7.98. The molecule has 0 radical (unpaired) electrons. The van der Waals surface area contributed by atoms with Gasteiger partial charge >= 0.3 is 6.03 Å². The van der Waals surface area contributed by atoms with Gasteiger partial charge in [-0.3, -0.25) is 20.2 Å². The van der Waals surface area contributed by atoms with Crippen LogP contribution in [0.3, 0.4) is 0 Å². The molecule has 0 spiro atoms. The molecule has 1 aliphatic rings. The summed E-state index contributed by atoms with van der Waals surface area (Å²) in [5, 5.41) is 8.37. The first kappa shape index (κ1) is 16.1. The molecule has 1 aromatic carbocycles. The quantitative estimate of drug-likeness (QED) is 0.694. The predicted molar refractivity (Wildman–Crippen MR) is 94.8 cm³/mol. The number of hydrogen-bond donors (Lipinski definition) is 1. The molecule has 2 amide bonds. The van der Waals surface area contributed by atoms with E-state index in [9.17, 15) is 4.79 Å². The molecule has 2 aromatic rings. The van der Waals surface area contributed by atoms with Crippen LogP contribution in [0.15, 0.2) is 49.2 Å². The summed E-state index contributed by atoms with van der Waals surface area (Å²) in [7, 11) is 0. The van der Waals surface area contributed by atoms with E-state index in [2.05, 4.69) is 29.7 Å². The number of carbonyl (C=O) groups is 1. The van der Waals surface area contributed by atoms with Gasteiger partial charge in [-0.05, 0) is 12.1 Å². The third-order valence-corrected chi connectivity index (χ3v) is 4.24. The van der Waals surface area contributed by atoms with Gasteiger partial charge in [-0.15, -0.1) is 0 Å². The second-order valence-electron chi connectivity index (χ2n) is 5.76. The zero-order valence-corrected chi connectivity index (χ0v) is 13.6. The van der Waals surface area contributed by atoms with Crippen LogP contribution >= 0.6 is 0 Å². The minimum Gasteiger partial charge on any atom is -0.321 e. The van der Waals surface area contributed by atoms with Crippen molar-refractivity contribution in [1.82, 2.24) is 19.7 Å². The Morgan fingerprint density at radius 1 is 1.21 bits per heavy atom. The van der Waals surface area contributed by atoms with Crippen molar-refractivity contribution in [1.29, 1.82) is 5.41 Å². The van der Waals surface area contributed by atoms with Crippen molar-refractivity contribution in [2.24, 2.45) is 0 Å². The predicted octanol–water partition coefficient (Wildman–Crippen LogP) is 2.52. The second-order valence-corrected chi connectivity index (χ2v) is 5.76. The summed E-state index contributed by atoms with van der Waals surface area (Å²) in [5.41, 5.74) is 2.05. The van der Waals surface area contributed by atoms with Crippen LogP contribution in [-0.2, 0) is 6.54 Å². The minimum atomic E-state index is -0.191. The first-order chi connectivity index (χ1) is 11.7. The molecular formula is C18H21N5O. The van der Waals surface area contributed by atoms with Crippen molar-refractivity contribution in [3.8, 4) is 0 Å². The third kappa shape index (κ3) is 3.44. The number of urea groups is 1. The molecule has 1 aromatic heterocycles. The first-order valence-corrected chi connectivity index (χ1v) is 7.98. The monoisotopic (exact) mass is 323 g/mol. The number of hydrogen-bond acceptors (Lipinski definition) is 4. The van der Waals surface area contributed by atoms with Crippen molar-refractivity contribution in [3.63, 3.8) is 0 Å². The highest BCUT2D eigenvalue weighted by atomic mass is 16.2. The molecular weight excluding hydrogens is 302 g/mol. The summed E-state index contributed by atoms with van der Waals surface area (Å²) in [6.07, 6.45) is 2.35. The highest BCUT2D eigenvalue weighted by Crippen LogP contribution is 2.14. The summed E-state index contributed by atoms with van der Waals surface area (Å²) in [6.45, 7) is 7.21. The largest absolute Gasteiger partial charge is 0.329 e. The highest BCUT2D eigenvalue weighted by Gasteiger charge is 2.23. The number of fused-ring (bicyclic) bond motifs is 1. The number of amides is 2. The SMILES string of the molecule is C=CN(C=N)C(=O)N1CCN(Cc2ccc3ccccc3n2)CC1. The Morgan fingerprint density at radius 2 is 1.96 bits per heavy atom. The Kier molecular flexibility index (Phi) is 4.86.